The predicted molar refractivity (Wildman–Crippen MR) is 74.7 cm³/mol. The SMILES string of the molecule is Cc1cccc(C)c1OCC(N)c1ccccc1F. The molecule has 0 aliphatic heterocycles. The monoisotopic (exact) mass is 259 g/mol. The van der Waals surface area contributed by atoms with Gasteiger partial charge in [-0.25, -0.2) is 4.39 Å². The van der Waals surface area contributed by atoms with Gasteiger partial charge in [-0.1, -0.05) is 36.4 Å². The van der Waals surface area contributed by atoms with Crippen molar-refractivity contribution in [3.05, 3.63) is 65.0 Å². The number of benzene rings is 2. The highest BCUT2D eigenvalue weighted by molar-refractivity contribution is 5.39. The summed E-state index contributed by atoms with van der Waals surface area (Å²) in [6.07, 6.45) is 0. The largest absolute Gasteiger partial charge is 0.491 e. The first-order chi connectivity index (χ1) is 9.09. The molecule has 2 aromatic carbocycles. The van der Waals surface area contributed by atoms with Gasteiger partial charge in [-0.3, -0.25) is 0 Å². The van der Waals surface area contributed by atoms with Crippen LogP contribution < -0.4 is 10.5 Å². The lowest BCUT2D eigenvalue weighted by atomic mass is 10.1. The second-order valence-corrected chi connectivity index (χ2v) is 4.66. The van der Waals surface area contributed by atoms with E-state index in [4.69, 9.17) is 10.5 Å². The molecule has 1 atom stereocenters. The Kier molecular flexibility index (Phi) is 4.17. The van der Waals surface area contributed by atoms with Crippen LogP contribution in [0.5, 0.6) is 5.75 Å². The zero-order chi connectivity index (χ0) is 13.8. The van der Waals surface area contributed by atoms with Crippen LogP contribution >= 0.6 is 0 Å². The summed E-state index contributed by atoms with van der Waals surface area (Å²) in [7, 11) is 0. The minimum atomic E-state index is -0.472. The normalized spacial score (nSPS) is 12.2. The molecule has 19 heavy (non-hydrogen) atoms. The number of hydrogen-bond acceptors (Lipinski definition) is 2. The van der Waals surface area contributed by atoms with Gasteiger partial charge >= 0.3 is 0 Å². The van der Waals surface area contributed by atoms with E-state index in [1.54, 1.807) is 18.2 Å². The minimum Gasteiger partial charge on any atom is -0.491 e. The van der Waals surface area contributed by atoms with Gasteiger partial charge in [0.05, 0.1) is 6.04 Å². The summed E-state index contributed by atoms with van der Waals surface area (Å²) in [6.45, 7) is 4.22. The fraction of sp³-hybridized carbons (Fsp3) is 0.250. The lowest BCUT2D eigenvalue weighted by Crippen LogP contribution is -2.20. The molecule has 0 aromatic heterocycles. The van der Waals surface area contributed by atoms with Crippen molar-refractivity contribution in [2.45, 2.75) is 19.9 Å². The first-order valence-corrected chi connectivity index (χ1v) is 6.28. The van der Waals surface area contributed by atoms with Gasteiger partial charge in [-0.15, -0.1) is 0 Å². The highest BCUT2D eigenvalue weighted by Gasteiger charge is 2.12. The zero-order valence-corrected chi connectivity index (χ0v) is 11.2. The van der Waals surface area contributed by atoms with Gasteiger partial charge in [0.15, 0.2) is 0 Å². The molecule has 0 saturated carbocycles. The van der Waals surface area contributed by atoms with Gasteiger partial charge < -0.3 is 10.5 Å². The van der Waals surface area contributed by atoms with Crippen molar-refractivity contribution in [1.82, 2.24) is 0 Å². The average Bonchev–Trinajstić information content (AvgIpc) is 2.38. The Labute approximate surface area is 113 Å². The fourth-order valence-corrected chi connectivity index (χ4v) is 2.07. The van der Waals surface area contributed by atoms with E-state index in [1.165, 1.54) is 6.07 Å². The maximum atomic E-state index is 13.6. The molecule has 2 rings (SSSR count). The van der Waals surface area contributed by atoms with E-state index in [-0.39, 0.29) is 12.4 Å². The summed E-state index contributed by atoms with van der Waals surface area (Å²) in [6, 6.07) is 12.0. The Balaban J connectivity index is 2.09. The molecule has 2 N–H and O–H groups in total. The van der Waals surface area contributed by atoms with Crippen molar-refractivity contribution >= 4 is 0 Å². The Hall–Kier alpha value is -1.87. The summed E-state index contributed by atoms with van der Waals surface area (Å²) >= 11 is 0. The van der Waals surface area contributed by atoms with Crippen LogP contribution in [0.15, 0.2) is 42.5 Å². The molecule has 2 nitrogen and oxygen atoms in total. The van der Waals surface area contributed by atoms with Crippen LogP contribution in [-0.2, 0) is 0 Å². The van der Waals surface area contributed by atoms with Crippen molar-refractivity contribution < 1.29 is 9.13 Å². The molecule has 0 amide bonds. The van der Waals surface area contributed by atoms with Crippen LogP contribution in [0.25, 0.3) is 0 Å². The molecule has 2 aromatic rings. The molecule has 0 spiro atoms. The summed E-state index contributed by atoms with van der Waals surface area (Å²) < 4.78 is 19.3. The number of halogens is 1. The van der Waals surface area contributed by atoms with Gasteiger partial charge in [-0.2, -0.15) is 0 Å². The third-order valence-corrected chi connectivity index (χ3v) is 3.12. The Morgan fingerprint density at radius 1 is 1.05 bits per heavy atom. The summed E-state index contributed by atoms with van der Waals surface area (Å²) in [5.41, 5.74) is 8.57. The fourth-order valence-electron chi connectivity index (χ4n) is 2.07. The smallest absolute Gasteiger partial charge is 0.128 e. The van der Waals surface area contributed by atoms with Crippen molar-refractivity contribution in [2.24, 2.45) is 5.73 Å². The van der Waals surface area contributed by atoms with Crippen molar-refractivity contribution in [3.63, 3.8) is 0 Å². The minimum absolute atomic E-state index is 0.257. The third-order valence-electron chi connectivity index (χ3n) is 3.12. The molecule has 0 radical (unpaired) electrons. The zero-order valence-electron chi connectivity index (χ0n) is 11.2. The van der Waals surface area contributed by atoms with E-state index in [9.17, 15) is 4.39 Å². The second kappa shape index (κ2) is 5.85. The van der Waals surface area contributed by atoms with Crippen LogP contribution in [0, 0.1) is 19.7 Å². The van der Waals surface area contributed by atoms with E-state index in [0.29, 0.717) is 5.56 Å². The van der Waals surface area contributed by atoms with Gasteiger partial charge in [0.2, 0.25) is 0 Å². The van der Waals surface area contributed by atoms with E-state index >= 15 is 0 Å². The van der Waals surface area contributed by atoms with E-state index in [0.717, 1.165) is 16.9 Å². The van der Waals surface area contributed by atoms with Gasteiger partial charge in [-0.05, 0) is 31.0 Å². The molecule has 0 aliphatic carbocycles. The quantitative estimate of drug-likeness (QED) is 0.911. The van der Waals surface area contributed by atoms with Crippen molar-refractivity contribution in [3.8, 4) is 5.75 Å². The standard InChI is InChI=1S/C16H18FNO/c1-11-6-5-7-12(2)16(11)19-10-15(18)13-8-3-4-9-14(13)17/h3-9,15H,10,18H2,1-2H3. The Morgan fingerprint density at radius 2 is 1.68 bits per heavy atom. The molecular formula is C16H18FNO. The van der Waals surface area contributed by atoms with E-state index < -0.39 is 6.04 Å². The summed E-state index contributed by atoms with van der Waals surface area (Å²) in [5.74, 6) is 0.536. The average molecular weight is 259 g/mol. The first kappa shape index (κ1) is 13.6. The maximum absolute atomic E-state index is 13.6. The Morgan fingerprint density at radius 3 is 2.32 bits per heavy atom. The molecule has 0 fully saturated rings. The number of para-hydroxylation sites is 1. The van der Waals surface area contributed by atoms with Crippen molar-refractivity contribution in [1.29, 1.82) is 0 Å². The number of ether oxygens (including phenoxy) is 1. The number of aryl methyl sites for hydroxylation is 2. The van der Waals surface area contributed by atoms with E-state index in [1.807, 2.05) is 32.0 Å². The first-order valence-electron chi connectivity index (χ1n) is 6.28. The molecule has 1 unspecified atom stereocenters. The topological polar surface area (TPSA) is 35.2 Å². The summed E-state index contributed by atoms with van der Waals surface area (Å²) in [4.78, 5) is 0. The molecular weight excluding hydrogens is 241 g/mol. The lowest BCUT2D eigenvalue weighted by Gasteiger charge is -2.17. The van der Waals surface area contributed by atoms with Crippen LogP contribution in [0.1, 0.15) is 22.7 Å². The van der Waals surface area contributed by atoms with Crippen LogP contribution in [0.4, 0.5) is 4.39 Å². The predicted octanol–water partition coefficient (Wildman–Crippen LogP) is 3.52. The lowest BCUT2D eigenvalue weighted by molar-refractivity contribution is 0.284. The van der Waals surface area contributed by atoms with Crippen LogP contribution in [-0.4, -0.2) is 6.61 Å². The van der Waals surface area contributed by atoms with Crippen molar-refractivity contribution in [2.75, 3.05) is 6.61 Å². The van der Waals surface area contributed by atoms with Gasteiger partial charge in [0.25, 0.3) is 0 Å². The number of nitrogens with two attached hydrogens (primary N) is 1. The Bertz CT molecular complexity index is 548. The number of rotatable bonds is 4. The van der Waals surface area contributed by atoms with Crippen LogP contribution in [0.3, 0.4) is 0 Å². The van der Waals surface area contributed by atoms with Gasteiger partial charge in [0, 0.05) is 5.56 Å². The molecule has 0 saturated heterocycles. The highest BCUT2D eigenvalue weighted by atomic mass is 19.1. The third kappa shape index (κ3) is 3.12. The highest BCUT2D eigenvalue weighted by Crippen LogP contribution is 2.24. The van der Waals surface area contributed by atoms with Gasteiger partial charge in [0.1, 0.15) is 18.2 Å². The molecule has 3 heteroatoms. The molecule has 100 valence electrons. The molecule has 0 heterocycles. The second-order valence-electron chi connectivity index (χ2n) is 4.66. The summed E-state index contributed by atoms with van der Waals surface area (Å²) in [5, 5.41) is 0. The molecule has 0 aliphatic rings. The molecule has 0 bridgehead atoms. The van der Waals surface area contributed by atoms with Crippen LogP contribution in [0.2, 0.25) is 0 Å². The maximum Gasteiger partial charge on any atom is 0.128 e. The number of hydrogen-bond donors (Lipinski definition) is 1. The van der Waals surface area contributed by atoms with E-state index in [2.05, 4.69) is 0 Å².